The number of hydrogen-bond acceptors (Lipinski definition) is 4. The van der Waals surface area contributed by atoms with Gasteiger partial charge in [0, 0.05) is 0 Å². The number of rotatable bonds is 6. The average Bonchev–Trinajstić information content (AvgIpc) is 2.68. The smallest absolute Gasteiger partial charge is 0.368 e. The van der Waals surface area contributed by atoms with E-state index in [4.69, 9.17) is 9.47 Å². The zero-order chi connectivity index (χ0) is 20.1. The molecule has 1 N–H and O–H groups in total. The van der Waals surface area contributed by atoms with Crippen LogP contribution in [-0.2, 0) is 27.4 Å². The molecule has 1 aliphatic heterocycles. The minimum Gasteiger partial charge on any atom is -0.368 e. The first-order valence-electron chi connectivity index (χ1n) is 8.71. The molecule has 2 aromatic carbocycles. The third-order valence-corrected chi connectivity index (χ3v) is 4.39. The van der Waals surface area contributed by atoms with Crippen LogP contribution in [0.25, 0.3) is 0 Å². The largest absolute Gasteiger partial charge is 0.417 e. The highest BCUT2D eigenvalue weighted by atomic mass is 19.4. The third kappa shape index (κ3) is 5.08. The molecule has 28 heavy (non-hydrogen) atoms. The molecule has 0 saturated carbocycles. The Morgan fingerprint density at radius 2 is 1.29 bits per heavy atom. The predicted octanol–water partition coefficient (Wildman–Crippen LogP) is 3.77. The molecule has 8 heteroatoms. The van der Waals surface area contributed by atoms with E-state index in [1.165, 1.54) is 0 Å². The second-order valence-corrected chi connectivity index (χ2v) is 6.46. The Bertz CT molecular complexity index is 726. The fourth-order valence-electron chi connectivity index (χ4n) is 2.98. The summed E-state index contributed by atoms with van der Waals surface area (Å²) in [4.78, 5) is 0. The van der Waals surface area contributed by atoms with Crippen molar-refractivity contribution in [2.45, 2.75) is 50.2 Å². The van der Waals surface area contributed by atoms with Gasteiger partial charge in [-0.25, -0.2) is 4.39 Å². The molecular weight excluding hydrogens is 380 g/mol. The van der Waals surface area contributed by atoms with Crippen LogP contribution in [-0.4, -0.2) is 42.1 Å². The molecule has 1 heterocycles. The Kier molecular flexibility index (Phi) is 6.66. The molecule has 1 fully saturated rings. The van der Waals surface area contributed by atoms with Gasteiger partial charge in [0.25, 0.3) is 0 Å². The zero-order valence-corrected chi connectivity index (χ0v) is 14.8. The highest BCUT2D eigenvalue weighted by molar-refractivity contribution is 5.14. The van der Waals surface area contributed by atoms with Crippen molar-refractivity contribution in [3.8, 4) is 0 Å². The Labute approximate surface area is 159 Å². The first-order valence-corrected chi connectivity index (χ1v) is 8.71. The number of benzene rings is 2. The van der Waals surface area contributed by atoms with Crippen molar-refractivity contribution in [2.75, 3.05) is 0 Å². The number of aliphatic hydroxyl groups excluding tert-OH is 1. The summed E-state index contributed by atoms with van der Waals surface area (Å²) in [6.07, 6.45) is -15.3. The number of aliphatic hydroxyl groups is 1. The van der Waals surface area contributed by atoms with Crippen molar-refractivity contribution in [3.63, 3.8) is 0 Å². The van der Waals surface area contributed by atoms with E-state index in [2.05, 4.69) is 4.74 Å². The van der Waals surface area contributed by atoms with Gasteiger partial charge in [-0.15, -0.1) is 0 Å². The summed E-state index contributed by atoms with van der Waals surface area (Å²) < 4.78 is 70.3. The summed E-state index contributed by atoms with van der Waals surface area (Å²) in [5, 5.41) is 9.65. The maximum absolute atomic E-state index is 14.5. The molecule has 0 aliphatic carbocycles. The van der Waals surface area contributed by atoms with Gasteiger partial charge in [-0.2, -0.15) is 13.2 Å². The van der Waals surface area contributed by atoms with E-state index in [-0.39, 0.29) is 13.2 Å². The van der Waals surface area contributed by atoms with Gasteiger partial charge in [-0.3, -0.25) is 0 Å². The third-order valence-electron chi connectivity index (χ3n) is 4.39. The summed E-state index contributed by atoms with van der Waals surface area (Å²) in [5.74, 6) is 0. The Morgan fingerprint density at radius 3 is 1.75 bits per heavy atom. The zero-order valence-electron chi connectivity index (χ0n) is 14.8. The van der Waals surface area contributed by atoms with Gasteiger partial charge in [0.1, 0.15) is 12.2 Å². The van der Waals surface area contributed by atoms with E-state index in [0.29, 0.717) is 11.1 Å². The summed E-state index contributed by atoms with van der Waals surface area (Å²) in [6, 6.07) is 17.1. The van der Waals surface area contributed by atoms with E-state index in [1.807, 2.05) is 0 Å². The van der Waals surface area contributed by atoms with Crippen molar-refractivity contribution >= 4 is 0 Å². The first kappa shape index (κ1) is 20.7. The summed E-state index contributed by atoms with van der Waals surface area (Å²) in [5.41, 5.74) is 1.27. The molecule has 5 unspecified atom stereocenters. The molecule has 0 aromatic heterocycles. The molecule has 5 atom stereocenters. The molecule has 152 valence electrons. The van der Waals surface area contributed by atoms with Crippen LogP contribution < -0.4 is 0 Å². The normalized spacial score (nSPS) is 28.2. The van der Waals surface area contributed by atoms with E-state index in [9.17, 15) is 22.7 Å². The van der Waals surface area contributed by atoms with Gasteiger partial charge in [-0.05, 0) is 11.1 Å². The Balaban J connectivity index is 1.79. The molecule has 1 aliphatic rings. The summed E-state index contributed by atoms with van der Waals surface area (Å²) >= 11 is 0. The molecule has 0 amide bonds. The minimum absolute atomic E-state index is 0.131. The maximum atomic E-state index is 14.5. The second-order valence-electron chi connectivity index (χ2n) is 6.46. The summed E-state index contributed by atoms with van der Waals surface area (Å²) in [6.45, 7) is -0.316. The van der Waals surface area contributed by atoms with Crippen LogP contribution >= 0.6 is 0 Å². The number of ether oxygens (including phenoxy) is 3. The number of halogens is 4. The number of hydrogen-bond donors (Lipinski definition) is 1. The van der Waals surface area contributed by atoms with Crippen LogP contribution in [0.2, 0.25) is 0 Å². The van der Waals surface area contributed by atoms with E-state index >= 15 is 0 Å². The molecule has 3 rings (SSSR count). The molecule has 0 radical (unpaired) electrons. The van der Waals surface area contributed by atoms with Gasteiger partial charge in [0.05, 0.1) is 13.2 Å². The van der Waals surface area contributed by atoms with Crippen LogP contribution in [0.15, 0.2) is 60.7 Å². The lowest BCUT2D eigenvalue weighted by Gasteiger charge is -2.42. The van der Waals surface area contributed by atoms with Crippen LogP contribution in [0.1, 0.15) is 11.1 Å². The van der Waals surface area contributed by atoms with Crippen molar-refractivity contribution in [2.24, 2.45) is 0 Å². The molecule has 0 spiro atoms. The highest BCUT2D eigenvalue weighted by Crippen LogP contribution is 2.36. The van der Waals surface area contributed by atoms with Crippen molar-refractivity contribution in [1.29, 1.82) is 0 Å². The van der Waals surface area contributed by atoms with Gasteiger partial charge >= 0.3 is 6.18 Å². The van der Waals surface area contributed by atoms with Crippen molar-refractivity contribution < 1.29 is 36.9 Å². The lowest BCUT2D eigenvalue weighted by molar-refractivity contribution is -0.349. The minimum atomic E-state index is -4.86. The Morgan fingerprint density at radius 1 is 0.821 bits per heavy atom. The van der Waals surface area contributed by atoms with Gasteiger partial charge in [-0.1, -0.05) is 60.7 Å². The van der Waals surface area contributed by atoms with E-state index < -0.39 is 36.9 Å². The standard InChI is InChI=1S/C20H20F4O4/c21-15-16(26-11-13-7-3-1-4-8-13)17(18(20(22,23)24)28-19(15)25)27-12-14-9-5-2-6-10-14/h1-10,15-19,25H,11-12H2. The summed E-state index contributed by atoms with van der Waals surface area (Å²) in [7, 11) is 0. The number of alkyl halides is 4. The quantitative estimate of drug-likeness (QED) is 0.750. The first-order chi connectivity index (χ1) is 13.4. The Hall–Kier alpha value is -2.00. The monoisotopic (exact) mass is 400 g/mol. The van der Waals surface area contributed by atoms with Crippen LogP contribution in [0, 0.1) is 0 Å². The fraction of sp³-hybridized carbons (Fsp3) is 0.400. The lowest BCUT2D eigenvalue weighted by atomic mass is 9.98. The molecule has 1 saturated heterocycles. The van der Waals surface area contributed by atoms with Crippen molar-refractivity contribution in [1.82, 2.24) is 0 Å². The van der Waals surface area contributed by atoms with E-state index in [0.717, 1.165) is 0 Å². The van der Waals surface area contributed by atoms with Crippen molar-refractivity contribution in [3.05, 3.63) is 71.8 Å². The van der Waals surface area contributed by atoms with Crippen LogP contribution in [0.5, 0.6) is 0 Å². The molecular formula is C20H20F4O4. The van der Waals surface area contributed by atoms with Gasteiger partial charge in [0.15, 0.2) is 18.6 Å². The highest BCUT2D eigenvalue weighted by Gasteiger charge is 2.57. The molecule has 4 nitrogen and oxygen atoms in total. The predicted molar refractivity (Wildman–Crippen MR) is 91.9 cm³/mol. The van der Waals surface area contributed by atoms with Gasteiger partial charge < -0.3 is 19.3 Å². The maximum Gasteiger partial charge on any atom is 0.417 e. The molecule has 2 aromatic rings. The topological polar surface area (TPSA) is 47.9 Å². The van der Waals surface area contributed by atoms with Crippen LogP contribution in [0.3, 0.4) is 0 Å². The fourth-order valence-corrected chi connectivity index (χ4v) is 2.98. The lowest BCUT2D eigenvalue weighted by Crippen LogP contribution is -2.61. The van der Waals surface area contributed by atoms with E-state index in [1.54, 1.807) is 60.7 Å². The molecule has 0 bridgehead atoms. The average molecular weight is 400 g/mol. The van der Waals surface area contributed by atoms with Crippen LogP contribution in [0.4, 0.5) is 17.6 Å². The SMILES string of the molecule is OC1OC(C(F)(F)F)C(OCc2ccccc2)C(OCc2ccccc2)C1F. The second kappa shape index (κ2) is 9.00. The van der Waals surface area contributed by atoms with Gasteiger partial charge in [0.2, 0.25) is 0 Å².